The third kappa shape index (κ3) is 5.13. The first-order valence-electron chi connectivity index (χ1n) is 8.37. The molecule has 0 atom stereocenters. The fraction of sp³-hybridized carbons (Fsp3) is 0.158. The molecule has 0 unspecified atom stereocenters. The summed E-state index contributed by atoms with van der Waals surface area (Å²) in [6.07, 6.45) is 0. The van der Waals surface area contributed by atoms with E-state index in [1.807, 2.05) is 31.2 Å². The molecule has 0 saturated carbocycles. The maximum Gasteiger partial charge on any atom is 0.344 e. The summed E-state index contributed by atoms with van der Waals surface area (Å²) in [7, 11) is 0. The van der Waals surface area contributed by atoms with Gasteiger partial charge in [0, 0.05) is 5.69 Å². The minimum Gasteiger partial charge on any atom is -0.479 e. The number of carbonyl (C=O) groups is 1. The van der Waals surface area contributed by atoms with Crippen LogP contribution in [0.25, 0.3) is 0 Å². The van der Waals surface area contributed by atoms with Crippen molar-refractivity contribution in [2.75, 3.05) is 17.7 Å². The number of anilines is 3. The number of esters is 1. The highest BCUT2D eigenvalue weighted by Gasteiger charge is 2.11. The highest BCUT2D eigenvalue weighted by Crippen LogP contribution is 2.18. The Morgan fingerprint density at radius 2 is 1.86 bits per heavy atom. The standard InChI is InChI=1S/C19H18FN5O3/c1-12-6-2-4-8-14(12)22-19-24-16(23-18(21)25-19)10-28-17(26)11-27-15-9-5-3-7-13(15)20/h2-9H,10-11H2,1H3,(H3,21,22,23,24,25). The summed E-state index contributed by atoms with van der Waals surface area (Å²) in [6.45, 7) is 1.26. The van der Waals surface area contributed by atoms with Crippen molar-refractivity contribution >= 4 is 23.6 Å². The highest BCUT2D eigenvalue weighted by molar-refractivity contribution is 5.71. The molecule has 0 spiro atoms. The van der Waals surface area contributed by atoms with Crippen LogP contribution >= 0.6 is 0 Å². The van der Waals surface area contributed by atoms with Gasteiger partial charge in [-0.15, -0.1) is 0 Å². The maximum absolute atomic E-state index is 13.5. The Morgan fingerprint density at radius 3 is 2.64 bits per heavy atom. The lowest BCUT2D eigenvalue weighted by Gasteiger charge is -2.10. The molecule has 0 fully saturated rings. The lowest BCUT2D eigenvalue weighted by Crippen LogP contribution is -2.17. The van der Waals surface area contributed by atoms with Gasteiger partial charge in [-0.2, -0.15) is 15.0 Å². The first-order valence-corrected chi connectivity index (χ1v) is 8.37. The van der Waals surface area contributed by atoms with Crippen LogP contribution in [0.1, 0.15) is 11.4 Å². The molecule has 0 amide bonds. The molecule has 1 aromatic heterocycles. The quantitative estimate of drug-likeness (QED) is 0.599. The van der Waals surface area contributed by atoms with Gasteiger partial charge < -0.3 is 20.5 Å². The topological polar surface area (TPSA) is 112 Å². The van der Waals surface area contributed by atoms with Gasteiger partial charge in [0.1, 0.15) is 0 Å². The van der Waals surface area contributed by atoms with Crippen LogP contribution in [-0.2, 0) is 16.1 Å². The van der Waals surface area contributed by atoms with Gasteiger partial charge in [-0.05, 0) is 30.7 Å². The van der Waals surface area contributed by atoms with Crippen molar-refractivity contribution in [1.29, 1.82) is 0 Å². The molecule has 0 aliphatic carbocycles. The van der Waals surface area contributed by atoms with E-state index in [2.05, 4.69) is 20.3 Å². The zero-order valence-electron chi connectivity index (χ0n) is 15.1. The number of halogens is 1. The number of nitrogens with zero attached hydrogens (tertiary/aromatic N) is 3. The van der Waals surface area contributed by atoms with E-state index in [4.69, 9.17) is 15.2 Å². The maximum atomic E-state index is 13.5. The Bertz CT molecular complexity index is 983. The molecule has 3 aromatic rings. The van der Waals surface area contributed by atoms with Crippen LogP contribution < -0.4 is 15.8 Å². The van der Waals surface area contributed by atoms with Crippen molar-refractivity contribution in [2.24, 2.45) is 0 Å². The Balaban J connectivity index is 1.58. The molecule has 8 nitrogen and oxygen atoms in total. The summed E-state index contributed by atoms with van der Waals surface area (Å²) in [5.74, 6) is -0.908. The molecular formula is C19H18FN5O3. The minimum absolute atomic E-state index is 0.0141. The van der Waals surface area contributed by atoms with Gasteiger partial charge in [0.05, 0.1) is 0 Å². The van der Waals surface area contributed by atoms with Crippen molar-refractivity contribution in [3.63, 3.8) is 0 Å². The van der Waals surface area contributed by atoms with Crippen LogP contribution in [0, 0.1) is 12.7 Å². The van der Waals surface area contributed by atoms with Gasteiger partial charge in [0.15, 0.2) is 30.6 Å². The number of hydrogen-bond acceptors (Lipinski definition) is 8. The Hall–Kier alpha value is -3.75. The molecule has 28 heavy (non-hydrogen) atoms. The van der Waals surface area contributed by atoms with Gasteiger partial charge in [0.2, 0.25) is 11.9 Å². The molecule has 3 rings (SSSR count). The molecule has 2 aromatic carbocycles. The zero-order valence-corrected chi connectivity index (χ0v) is 15.1. The van der Waals surface area contributed by atoms with Crippen molar-refractivity contribution < 1.29 is 18.7 Å². The Morgan fingerprint density at radius 1 is 1.11 bits per heavy atom. The number of rotatable bonds is 7. The van der Waals surface area contributed by atoms with E-state index in [0.29, 0.717) is 0 Å². The number of carbonyl (C=O) groups excluding carboxylic acids is 1. The number of nitrogens with one attached hydrogen (secondary N) is 1. The number of para-hydroxylation sites is 2. The molecule has 9 heteroatoms. The van der Waals surface area contributed by atoms with E-state index in [1.165, 1.54) is 18.2 Å². The fourth-order valence-electron chi connectivity index (χ4n) is 2.28. The van der Waals surface area contributed by atoms with Gasteiger partial charge >= 0.3 is 5.97 Å². The second kappa shape index (κ2) is 8.76. The third-order valence-electron chi connectivity index (χ3n) is 3.63. The van der Waals surface area contributed by atoms with Crippen molar-refractivity contribution in [3.8, 4) is 5.75 Å². The molecule has 1 heterocycles. The fourth-order valence-corrected chi connectivity index (χ4v) is 2.28. The predicted molar refractivity (Wildman–Crippen MR) is 100 cm³/mol. The van der Waals surface area contributed by atoms with E-state index < -0.39 is 18.4 Å². The van der Waals surface area contributed by atoms with Crippen LogP contribution in [0.4, 0.5) is 22.0 Å². The third-order valence-corrected chi connectivity index (χ3v) is 3.63. The van der Waals surface area contributed by atoms with E-state index in [1.54, 1.807) is 6.07 Å². The van der Waals surface area contributed by atoms with Gasteiger partial charge in [0.25, 0.3) is 0 Å². The summed E-state index contributed by atoms with van der Waals surface area (Å²) in [6, 6.07) is 13.4. The monoisotopic (exact) mass is 383 g/mol. The molecular weight excluding hydrogens is 365 g/mol. The highest BCUT2D eigenvalue weighted by atomic mass is 19.1. The summed E-state index contributed by atoms with van der Waals surface area (Å²) in [5, 5.41) is 3.04. The molecule has 0 saturated heterocycles. The second-order valence-electron chi connectivity index (χ2n) is 5.75. The number of nitrogens with two attached hydrogens (primary N) is 1. The summed E-state index contributed by atoms with van der Waals surface area (Å²) in [4.78, 5) is 24.0. The molecule has 3 N–H and O–H groups in total. The number of ether oxygens (including phenoxy) is 2. The number of aryl methyl sites for hydroxylation is 1. The van der Waals surface area contributed by atoms with Gasteiger partial charge in [-0.1, -0.05) is 30.3 Å². The SMILES string of the molecule is Cc1ccccc1Nc1nc(N)nc(COC(=O)COc2ccccc2F)n1. The minimum atomic E-state index is -0.698. The first kappa shape index (κ1) is 19.0. The molecule has 0 bridgehead atoms. The van der Waals surface area contributed by atoms with Crippen LogP contribution in [0.15, 0.2) is 48.5 Å². The number of nitrogen functional groups attached to an aromatic ring is 1. The van der Waals surface area contributed by atoms with Crippen LogP contribution in [0.5, 0.6) is 5.75 Å². The largest absolute Gasteiger partial charge is 0.479 e. The summed E-state index contributed by atoms with van der Waals surface area (Å²) >= 11 is 0. The van der Waals surface area contributed by atoms with Crippen LogP contribution in [0.2, 0.25) is 0 Å². The van der Waals surface area contributed by atoms with Crippen molar-refractivity contribution in [2.45, 2.75) is 13.5 Å². The van der Waals surface area contributed by atoms with Gasteiger partial charge in [-0.25, -0.2) is 9.18 Å². The van der Waals surface area contributed by atoms with Gasteiger partial charge in [-0.3, -0.25) is 0 Å². The van der Waals surface area contributed by atoms with E-state index in [0.717, 1.165) is 11.3 Å². The summed E-state index contributed by atoms with van der Waals surface area (Å²) < 4.78 is 23.6. The zero-order chi connectivity index (χ0) is 19.9. The number of benzene rings is 2. The Kier molecular flexibility index (Phi) is 5.95. The predicted octanol–water partition coefficient (Wildman–Crippen LogP) is 2.77. The molecule has 0 radical (unpaired) electrons. The lowest BCUT2D eigenvalue weighted by molar-refractivity contribution is -0.147. The Labute approximate surface area is 160 Å². The second-order valence-corrected chi connectivity index (χ2v) is 5.75. The van der Waals surface area contributed by atoms with Crippen LogP contribution in [-0.4, -0.2) is 27.5 Å². The normalized spacial score (nSPS) is 10.4. The molecule has 0 aliphatic rings. The molecule has 144 valence electrons. The summed E-state index contributed by atoms with van der Waals surface area (Å²) in [5.41, 5.74) is 7.51. The number of hydrogen-bond donors (Lipinski definition) is 2. The van der Waals surface area contributed by atoms with E-state index in [9.17, 15) is 9.18 Å². The van der Waals surface area contributed by atoms with Crippen LogP contribution in [0.3, 0.4) is 0 Å². The molecule has 0 aliphatic heterocycles. The van der Waals surface area contributed by atoms with Crippen molar-refractivity contribution in [3.05, 3.63) is 65.7 Å². The van der Waals surface area contributed by atoms with Crippen molar-refractivity contribution in [1.82, 2.24) is 15.0 Å². The number of aromatic nitrogens is 3. The van der Waals surface area contributed by atoms with E-state index in [-0.39, 0.29) is 30.1 Å². The average Bonchev–Trinajstić information content (AvgIpc) is 2.67. The lowest BCUT2D eigenvalue weighted by atomic mass is 10.2. The smallest absolute Gasteiger partial charge is 0.344 e. The average molecular weight is 383 g/mol. The van der Waals surface area contributed by atoms with E-state index >= 15 is 0 Å². The first-order chi connectivity index (χ1) is 13.5.